The highest BCUT2D eigenvalue weighted by molar-refractivity contribution is 6.30. The number of hydrogen-bond acceptors (Lipinski definition) is 3. The molecule has 4 heteroatoms. The van der Waals surface area contributed by atoms with Crippen LogP contribution in [0.1, 0.15) is 5.56 Å². The first-order chi connectivity index (χ1) is 7.26. The maximum absolute atomic E-state index is 8.82. The van der Waals surface area contributed by atoms with E-state index >= 15 is 0 Å². The van der Waals surface area contributed by atoms with E-state index in [2.05, 4.69) is 5.32 Å². The van der Waals surface area contributed by atoms with E-state index in [-0.39, 0.29) is 19.3 Å². The molecule has 0 radical (unpaired) electrons. The van der Waals surface area contributed by atoms with E-state index in [9.17, 15) is 0 Å². The van der Waals surface area contributed by atoms with Crippen LogP contribution in [0.25, 0.3) is 0 Å². The molecule has 0 saturated heterocycles. The summed E-state index contributed by atoms with van der Waals surface area (Å²) < 4.78 is 0. The Kier molecular flexibility index (Phi) is 5.65. The lowest BCUT2D eigenvalue weighted by molar-refractivity contribution is 0.171. The molecule has 0 bridgehead atoms. The zero-order valence-electron chi connectivity index (χ0n) is 8.49. The fourth-order valence-electron chi connectivity index (χ4n) is 1.26. The van der Waals surface area contributed by atoms with Crippen molar-refractivity contribution in [2.24, 2.45) is 0 Å². The zero-order valence-corrected chi connectivity index (χ0v) is 9.24. The van der Waals surface area contributed by atoms with Gasteiger partial charge in [0.2, 0.25) is 0 Å². The maximum Gasteiger partial charge on any atom is 0.0607 e. The first kappa shape index (κ1) is 12.5. The molecular formula is C11H16ClNO2. The molecule has 0 unspecified atom stereocenters. The van der Waals surface area contributed by atoms with Crippen LogP contribution in [-0.4, -0.2) is 36.0 Å². The van der Waals surface area contributed by atoms with E-state index < -0.39 is 0 Å². The van der Waals surface area contributed by atoms with Gasteiger partial charge in [0, 0.05) is 5.02 Å². The van der Waals surface area contributed by atoms with Crippen LogP contribution in [0.2, 0.25) is 5.02 Å². The monoisotopic (exact) mass is 229 g/mol. The zero-order chi connectivity index (χ0) is 11.1. The average Bonchev–Trinajstić information content (AvgIpc) is 2.27. The Morgan fingerprint density at radius 1 is 1.13 bits per heavy atom. The summed E-state index contributed by atoms with van der Waals surface area (Å²) in [5, 5.41) is 21.4. The van der Waals surface area contributed by atoms with Gasteiger partial charge in [0.25, 0.3) is 0 Å². The van der Waals surface area contributed by atoms with Crippen LogP contribution in [0, 0.1) is 0 Å². The third-order valence-corrected chi connectivity index (χ3v) is 2.45. The fourth-order valence-corrected chi connectivity index (χ4v) is 1.38. The molecule has 0 spiro atoms. The Morgan fingerprint density at radius 2 is 1.73 bits per heavy atom. The molecule has 84 valence electrons. The highest BCUT2D eigenvalue weighted by Crippen LogP contribution is 2.09. The van der Waals surface area contributed by atoms with Gasteiger partial charge in [0.15, 0.2) is 0 Å². The van der Waals surface area contributed by atoms with Crippen LogP contribution in [-0.2, 0) is 6.42 Å². The maximum atomic E-state index is 8.82. The third-order valence-electron chi connectivity index (χ3n) is 2.20. The molecule has 15 heavy (non-hydrogen) atoms. The van der Waals surface area contributed by atoms with Gasteiger partial charge in [0.1, 0.15) is 0 Å². The van der Waals surface area contributed by atoms with Gasteiger partial charge >= 0.3 is 0 Å². The molecule has 0 saturated carbocycles. The van der Waals surface area contributed by atoms with Crippen LogP contribution in [0.5, 0.6) is 0 Å². The first-order valence-electron chi connectivity index (χ1n) is 4.96. The molecule has 3 nitrogen and oxygen atoms in total. The largest absolute Gasteiger partial charge is 0.395 e. The topological polar surface area (TPSA) is 52.5 Å². The summed E-state index contributed by atoms with van der Waals surface area (Å²) in [6.45, 7) is 0.641. The summed E-state index contributed by atoms with van der Waals surface area (Å²) in [4.78, 5) is 0. The second-order valence-electron chi connectivity index (χ2n) is 3.39. The predicted octanol–water partition coefficient (Wildman–Crippen LogP) is 0.825. The normalized spacial score (nSPS) is 10.9. The summed E-state index contributed by atoms with van der Waals surface area (Å²) in [7, 11) is 0. The van der Waals surface area contributed by atoms with Crippen molar-refractivity contribution in [2.75, 3.05) is 19.8 Å². The molecule has 0 fully saturated rings. The lowest BCUT2D eigenvalue weighted by Gasteiger charge is -2.12. The van der Waals surface area contributed by atoms with Gasteiger partial charge in [0.05, 0.1) is 19.3 Å². The lowest BCUT2D eigenvalue weighted by Crippen LogP contribution is -2.36. The smallest absolute Gasteiger partial charge is 0.0607 e. The van der Waals surface area contributed by atoms with Crippen molar-refractivity contribution in [2.45, 2.75) is 12.5 Å². The molecule has 0 aromatic heterocycles. The molecule has 0 aliphatic carbocycles. The van der Waals surface area contributed by atoms with E-state index in [0.29, 0.717) is 0 Å². The first-order valence-corrected chi connectivity index (χ1v) is 5.33. The Morgan fingerprint density at radius 3 is 2.27 bits per heavy atom. The number of hydrogen-bond donors (Lipinski definition) is 3. The van der Waals surface area contributed by atoms with Crippen molar-refractivity contribution in [1.29, 1.82) is 0 Å². The number of aliphatic hydroxyl groups excluding tert-OH is 2. The van der Waals surface area contributed by atoms with Crippen LogP contribution in [0.4, 0.5) is 0 Å². The molecule has 0 atom stereocenters. The Hall–Kier alpha value is -0.610. The predicted molar refractivity (Wildman–Crippen MR) is 61.1 cm³/mol. The number of aliphatic hydroxyl groups is 2. The van der Waals surface area contributed by atoms with Crippen LogP contribution >= 0.6 is 11.6 Å². The van der Waals surface area contributed by atoms with Crippen LogP contribution in [0.15, 0.2) is 24.3 Å². The van der Waals surface area contributed by atoms with Gasteiger partial charge < -0.3 is 15.5 Å². The van der Waals surface area contributed by atoms with E-state index in [4.69, 9.17) is 21.8 Å². The minimum atomic E-state index is -0.225. The molecular weight excluding hydrogens is 214 g/mol. The minimum Gasteiger partial charge on any atom is -0.395 e. The van der Waals surface area contributed by atoms with E-state index in [1.54, 1.807) is 0 Å². The number of benzene rings is 1. The van der Waals surface area contributed by atoms with Crippen LogP contribution < -0.4 is 5.32 Å². The minimum absolute atomic E-state index is 0.0445. The van der Waals surface area contributed by atoms with Crippen molar-refractivity contribution in [3.63, 3.8) is 0 Å². The molecule has 1 aromatic rings. The van der Waals surface area contributed by atoms with E-state index in [0.717, 1.165) is 18.0 Å². The summed E-state index contributed by atoms with van der Waals surface area (Å²) in [6, 6.07) is 7.42. The fraction of sp³-hybridized carbons (Fsp3) is 0.455. The molecule has 0 heterocycles. The van der Waals surface area contributed by atoms with E-state index in [1.165, 1.54) is 5.56 Å². The number of rotatable bonds is 6. The molecule has 1 rings (SSSR count). The SMILES string of the molecule is OCC(CO)NCCc1ccc(Cl)cc1. The van der Waals surface area contributed by atoms with Crippen molar-refractivity contribution < 1.29 is 10.2 Å². The van der Waals surface area contributed by atoms with Crippen LogP contribution in [0.3, 0.4) is 0 Å². The molecule has 0 aliphatic rings. The third kappa shape index (κ3) is 4.62. The highest BCUT2D eigenvalue weighted by Gasteiger charge is 2.03. The molecule has 3 N–H and O–H groups in total. The Balaban J connectivity index is 2.28. The summed E-state index contributed by atoms with van der Waals surface area (Å²) in [5.41, 5.74) is 1.18. The number of nitrogens with one attached hydrogen (secondary N) is 1. The van der Waals surface area contributed by atoms with E-state index in [1.807, 2.05) is 24.3 Å². The second kappa shape index (κ2) is 6.80. The molecule has 0 amide bonds. The summed E-state index contributed by atoms with van der Waals surface area (Å²) in [5.74, 6) is 0. The second-order valence-corrected chi connectivity index (χ2v) is 3.83. The molecule has 0 aliphatic heterocycles. The highest BCUT2D eigenvalue weighted by atomic mass is 35.5. The standard InChI is InChI=1S/C11H16ClNO2/c12-10-3-1-9(2-4-10)5-6-13-11(7-14)8-15/h1-4,11,13-15H,5-8H2. The lowest BCUT2D eigenvalue weighted by atomic mass is 10.1. The van der Waals surface area contributed by atoms with Gasteiger partial charge in [-0.15, -0.1) is 0 Å². The number of halogens is 1. The quantitative estimate of drug-likeness (QED) is 0.677. The summed E-state index contributed by atoms with van der Waals surface area (Å²) in [6.07, 6.45) is 0.855. The Bertz CT molecular complexity index is 272. The Labute approximate surface area is 94.7 Å². The van der Waals surface area contributed by atoms with Gasteiger partial charge in [-0.25, -0.2) is 0 Å². The van der Waals surface area contributed by atoms with Crippen molar-refractivity contribution in [3.8, 4) is 0 Å². The van der Waals surface area contributed by atoms with Crippen molar-refractivity contribution in [3.05, 3.63) is 34.9 Å². The summed E-state index contributed by atoms with van der Waals surface area (Å²) >= 11 is 5.76. The van der Waals surface area contributed by atoms with Gasteiger partial charge in [-0.3, -0.25) is 0 Å². The average molecular weight is 230 g/mol. The van der Waals surface area contributed by atoms with Gasteiger partial charge in [-0.2, -0.15) is 0 Å². The molecule has 1 aromatic carbocycles. The van der Waals surface area contributed by atoms with Crippen molar-refractivity contribution >= 4 is 11.6 Å². The van der Waals surface area contributed by atoms with Gasteiger partial charge in [-0.05, 0) is 30.7 Å². The van der Waals surface area contributed by atoms with Crippen molar-refractivity contribution in [1.82, 2.24) is 5.32 Å². The van der Waals surface area contributed by atoms with Gasteiger partial charge in [-0.1, -0.05) is 23.7 Å².